The number of pyridine rings is 1. The molecule has 0 N–H and O–H groups in total. The summed E-state index contributed by atoms with van der Waals surface area (Å²) in [5.41, 5.74) is 1.60. The van der Waals surface area contributed by atoms with Gasteiger partial charge in [-0.2, -0.15) is 5.26 Å². The predicted octanol–water partition coefficient (Wildman–Crippen LogP) is 2.73. The lowest BCUT2D eigenvalue weighted by Gasteiger charge is -2.46. The van der Waals surface area contributed by atoms with Gasteiger partial charge in [0, 0.05) is 32.1 Å². The number of aryl methyl sites for hydroxylation is 1. The Bertz CT molecular complexity index is 912. The molecule has 0 saturated heterocycles. The van der Waals surface area contributed by atoms with Crippen molar-refractivity contribution in [3.8, 4) is 6.07 Å². The lowest BCUT2D eigenvalue weighted by Crippen LogP contribution is -2.44. The highest BCUT2D eigenvalue weighted by Gasteiger charge is 2.50. The van der Waals surface area contributed by atoms with Crippen LogP contribution in [0.25, 0.3) is 5.65 Å². The van der Waals surface area contributed by atoms with E-state index in [1.54, 1.807) is 12.5 Å². The van der Waals surface area contributed by atoms with E-state index in [2.05, 4.69) is 27.4 Å². The molecule has 1 aliphatic carbocycles. The highest BCUT2D eigenvalue weighted by Crippen LogP contribution is 2.53. The standard InChI is InChI=1S/C16H15ClN6/c1-22-10-20-21-15(22)16(7-11(8-16)2-3-18)12-6-13(17)14-19-4-5-23(14)9-12/h4-6,9-11H,2,7-8H2,1H3. The van der Waals surface area contributed by atoms with Crippen molar-refractivity contribution in [1.29, 1.82) is 5.26 Å². The smallest absolute Gasteiger partial charge is 0.155 e. The molecular formula is C16H15ClN6. The Balaban J connectivity index is 1.85. The van der Waals surface area contributed by atoms with Crippen molar-refractivity contribution in [1.82, 2.24) is 24.1 Å². The van der Waals surface area contributed by atoms with Crippen LogP contribution in [0.15, 0.2) is 31.0 Å². The maximum atomic E-state index is 8.97. The molecule has 0 aliphatic heterocycles. The summed E-state index contributed by atoms with van der Waals surface area (Å²) in [6, 6.07) is 4.24. The van der Waals surface area contributed by atoms with Gasteiger partial charge in [-0.3, -0.25) is 0 Å². The zero-order chi connectivity index (χ0) is 16.0. The fraction of sp³-hybridized carbons (Fsp3) is 0.375. The number of rotatable bonds is 3. The summed E-state index contributed by atoms with van der Waals surface area (Å²) in [7, 11) is 1.95. The molecule has 23 heavy (non-hydrogen) atoms. The molecule has 1 fully saturated rings. The van der Waals surface area contributed by atoms with Gasteiger partial charge in [0.2, 0.25) is 0 Å². The Morgan fingerprint density at radius 2 is 2.30 bits per heavy atom. The van der Waals surface area contributed by atoms with E-state index in [-0.39, 0.29) is 5.41 Å². The molecule has 3 heterocycles. The number of hydrogen-bond acceptors (Lipinski definition) is 4. The second-order valence-electron chi connectivity index (χ2n) is 6.22. The zero-order valence-corrected chi connectivity index (χ0v) is 13.4. The van der Waals surface area contributed by atoms with Gasteiger partial charge >= 0.3 is 0 Å². The molecule has 1 saturated carbocycles. The number of aromatic nitrogens is 5. The second-order valence-corrected chi connectivity index (χ2v) is 6.63. The topological polar surface area (TPSA) is 71.8 Å². The Morgan fingerprint density at radius 3 is 3.00 bits per heavy atom. The fourth-order valence-corrected chi connectivity index (χ4v) is 3.98. The average molecular weight is 327 g/mol. The van der Waals surface area contributed by atoms with E-state index in [1.807, 2.05) is 28.3 Å². The molecule has 0 radical (unpaired) electrons. The number of fused-ring (bicyclic) bond motifs is 1. The van der Waals surface area contributed by atoms with Gasteiger partial charge in [-0.15, -0.1) is 10.2 Å². The van der Waals surface area contributed by atoms with E-state index < -0.39 is 0 Å². The van der Waals surface area contributed by atoms with Crippen LogP contribution < -0.4 is 0 Å². The molecule has 6 nitrogen and oxygen atoms in total. The monoisotopic (exact) mass is 326 g/mol. The lowest BCUT2D eigenvalue weighted by molar-refractivity contribution is 0.171. The highest BCUT2D eigenvalue weighted by molar-refractivity contribution is 6.33. The van der Waals surface area contributed by atoms with Crippen molar-refractivity contribution in [3.05, 3.63) is 47.4 Å². The van der Waals surface area contributed by atoms with Gasteiger partial charge in [-0.05, 0) is 30.4 Å². The normalized spacial score (nSPS) is 23.6. The van der Waals surface area contributed by atoms with Crippen molar-refractivity contribution in [2.75, 3.05) is 0 Å². The number of nitriles is 1. The molecular weight excluding hydrogens is 312 g/mol. The van der Waals surface area contributed by atoms with Crippen molar-refractivity contribution in [2.24, 2.45) is 13.0 Å². The molecule has 116 valence electrons. The Labute approximate surface area is 138 Å². The van der Waals surface area contributed by atoms with Crippen LogP contribution in [0.5, 0.6) is 0 Å². The fourth-order valence-electron chi connectivity index (χ4n) is 3.72. The zero-order valence-electron chi connectivity index (χ0n) is 12.6. The van der Waals surface area contributed by atoms with Crippen LogP contribution in [0.1, 0.15) is 30.7 Å². The second kappa shape index (κ2) is 5.07. The van der Waals surface area contributed by atoms with Crippen molar-refractivity contribution in [2.45, 2.75) is 24.7 Å². The maximum absolute atomic E-state index is 8.97. The summed E-state index contributed by atoms with van der Waals surface area (Å²) >= 11 is 6.41. The SMILES string of the molecule is Cn1cnnc1C1(c2cc(Cl)c3nccn3c2)CC(CC#N)C1. The number of nitrogens with zero attached hydrogens (tertiary/aromatic N) is 6. The number of imidazole rings is 1. The van der Waals surface area contributed by atoms with Gasteiger partial charge in [-0.25, -0.2) is 4.98 Å². The minimum atomic E-state index is -0.241. The summed E-state index contributed by atoms with van der Waals surface area (Å²) in [6.45, 7) is 0. The predicted molar refractivity (Wildman–Crippen MR) is 84.9 cm³/mol. The molecule has 0 atom stereocenters. The third-order valence-electron chi connectivity index (χ3n) is 4.79. The molecule has 1 aliphatic rings. The van der Waals surface area contributed by atoms with Gasteiger partial charge in [-0.1, -0.05) is 11.6 Å². The van der Waals surface area contributed by atoms with Crippen molar-refractivity contribution in [3.63, 3.8) is 0 Å². The molecule has 3 aromatic rings. The Morgan fingerprint density at radius 1 is 1.48 bits per heavy atom. The van der Waals surface area contributed by atoms with Crippen LogP contribution in [0.2, 0.25) is 5.02 Å². The minimum Gasteiger partial charge on any atom is -0.320 e. The van der Waals surface area contributed by atoms with Crippen LogP contribution >= 0.6 is 11.6 Å². The van der Waals surface area contributed by atoms with E-state index in [4.69, 9.17) is 16.9 Å². The first-order valence-electron chi connectivity index (χ1n) is 7.48. The van der Waals surface area contributed by atoms with Crippen LogP contribution in [-0.2, 0) is 12.5 Å². The third kappa shape index (κ3) is 2.04. The summed E-state index contributed by atoms with van der Waals surface area (Å²) in [5.74, 6) is 1.30. The molecule has 0 unspecified atom stereocenters. The van der Waals surface area contributed by atoms with Crippen LogP contribution in [0.4, 0.5) is 0 Å². The molecule has 7 heteroatoms. The maximum Gasteiger partial charge on any atom is 0.155 e. The highest BCUT2D eigenvalue weighted by atomic mass is 35.5. The van der Waals surface area contributed by atoms with Crippen LogP contribution in [0, 0.1) is 17.2 Å². The van der Waals surface area contributed by atoms with Gasteiger partial charge in [0.05, 0.1) is 16.5 Å². The minimum absolute atomic E-state index is 0.241. The number of halogens is 1. The molecule has 0 spiro atoms. The summed E-state index contributed by atoms with van der Waals surface area (Å²) in [4.78, 5) is 4.26. The first-order valence-corrected chi connectivity index (χ1v) is 7.86. The first-order chi connectivity index (χ1) is 11.1. The quantitative estimate of drug-likeness (QED) is 0.742. The van der Waals surface area contributed by atoms with Gasteiger partial charge in [0.15, 0.2) is 5.65 Å². The summed E-state index contributed by atoms with van der Waals surface area (Å²) in [6.07, 6.45) is 9.73. The molecule has 4 rings (SSSR count). The largest absolute Gasteiger partial charge is 0.320 e. The summed E-state index contributed by atoms with van der Waals surface area (Å²) in [5, 5.41) is 18.0. The average Bonchev–Trinajstić information content (AvgIpc) is 3.11. The number of hydrogen-bond donors (Lipinski definition) is 0. The van der Waals surface area contributed by atoms with Crippen LogP contribution in [-0.4, -0.2) is 24.1 Å². The molecule has 0 aromatic carbocycles. The van der Waals surface area contributed by atoms with Gasteiger partial charge < -0.3 is 8.97 Å². The van der Waals surface area contributed by atoms with Crippen molar-refractivity contribution >= 4 is 17.2 Å². The van der Waals surface area contributed by atoms with Gasteiger partial charge in [0.1, 0.15) is 12.2 Å². The first kappa shape index (κ1) is 14.2. The lowest BCUT2D eigenvalue weighted by atomic mass is 9.57. The molecule has 3 aromatic heterocycles. The van der Waals surface area contributed by atoms with E-state index in [9.17, 15) is 0 Å². The van der Waals surface area contributed by atoms with Crippen LogP contribution in [0.3, 0.4) is 0 Å². The molecule has 0 bridgehead atoms. The molecule has 0 amide bonds. The Kier molecular flexibility index (Phi) is 3.13. The van der Waals surface area contributed by atoms with E-state index in [0.717, 1.165) is 29.9 Å². The summed E-state index contributed by atoms with van der Waals surface area (Å²) < 4.78 is 3.89. The van der Waals surface area contributed by atoms with Crippen molar-refractivity contribution < 1.29 is 0 Å². The van der Waals surface area contributed by atoms with E-state index in [0.29, 0.717) is 17.4 Å². The third-order valence-corrected chi connectivity index (χ3v) is 5.07. The van der Waals surface area contributed by atoms with E-state index >= 15 is 0 Å². The van der Waals surface area contributed by atoms with E-state index in [1.165, 1.54) is 0 Å². The Hall–Kier alpha value is -2.39. The van der Waals surface area contributed by atoms with Gasteiger partial charge in [0.25, 0.3) is 0 Å².